The summed E-state index contributed by atoms with van der Waals surface area (Å²) in [4.78, 5) is 49.9. The summed E-state index contributed by atoms with van der Waals surface area (Å²) < 4.78 is 14.0. The lowest BCUT2D eigenvalue weighted by atomic mass is 10.0. The highest BCUT2D eigenvalue weighted by Gasteiger charge is 2.43. The standard InChI is InChI=1S/2C19H18N4O5/c2*1-22-7-6-19(27,18(22)26)5-4-11-2-3-16-14(8-11)23-13(15(24)10-28-16)9-12(21-23)17(20)25/h2*2-3,8-9,15,24,27H,6-7,10H2,1H3,(H2,20,25)/t15-,19+;15-,19-/m10/s1. The van der Waals surface area contributed by atoms with Crippen molar-refractivity contribution in [1.29, 1.82) is 0 Å². The van der Waals surface area contributed by atoms with Crippen molar-refractivity contribution >= 4 is 23.6 Å². The Balaban J connectivity index is 0.000000172. The van der Waals surface area contributed by atoms with Gasteiger partial charge in [-0.2, -0.15) is 10.2 Å². The third-order valence-corrected chi connectivity index (χ3v) is 9.68. The van der Waals surface area contributed by atoms with Crippen molar-refractivity contribution in [1.82, 2.24) is 29.4 Å². The summed E-state index contributed by atoms with van der Waals surface area (Å²) in [6.07, 6.45) is -1.51. The van der Waals surface area contributed by atoms with Gasteiger partial charge in [0.1, 0.15) is 48.3 Å². The number of hydrogen-bond donors (Lipinski definition) is 6. The lowest BCUT2D eigenvalue weighted by molar-refractivity contribution is -0.138. The number of likely N-dealkylation sites (tertiary alicyclic amines) is 2. The van der Waals surface area contributed by atoms with E-state index in [1.807, 2.05) is 0 Å². The van der Waals surface area contributed by atoms with Crippen LogP contribution in [-0.4, -0.2) is 125 Å². The fourth-order valence-corrected chi connectivity index (χ4v) is 6.46. The van der Waals surface area contributed by atoms with E-state index < -0.39 is 47.0 Å². The van der Waals surface area contributed by atoms with E-state index in [2.05, 4.69) is 33.9 Å². The molecular formula is C38H36N8O10. The quantitative estimate of drug-likeness (QED) is 0.130. The number of benzene rings is 2. The predicted molar refractivity (Wildman–Crippen MR) is 193 cm³/mol. The van der Waals surface area contributed by atoms with Gasteiger partial charge >= 0.3 is 0 Å². The lowest BCUT2D eigenvalue weighted by Gasteiger charge is -2.13. The van der Waals surface area contributed by atoms with Crippen molar-refractivity contribution in [2.45, 2.75) is 36.3 Å². The molecule has 2 aromatic heterocycles. The second-order valence-corrected chi connectivity index (χ2v) is 13.7. The van der Waals surface area contributed by atoms with Crippen LogP contribution in [0.5, 0.6) is 11.5 Å². The molecule has 0 unspecified atom stereocenters. The zero-order valence-corrected chi connectivity index (χ0v) is 30.1. The molecule has 6 heterocycles. The molecule has 2 aromatic carbocycles. The van der Waals surface area contributed by atoms with E-state index >= 15 is 0 Å². The highest BCUT2D eigenvalue weighted by atomic mass is 16.5. The van der Waals surface area contributed by atoms with Crippen molar-refractivity contribution in [2.24, 2.45) is 11.5 Å². The third-order valence-electron chi connectivity index (χ3n) is 9.68. The monoisotopic (exact) mass is 764 g/mol. The zero-order valence-electron chi connectivity index (χ0n) is 30.1. The lowest BCUT2D eigenvalue weighted by Crippen LogP contribution is -2.37. The minimum absolute atomic E-state index is 0.0114. The Kier molecular flexibility index (Phi) is 9.52. The van der Waals surface area contributed by atoms with Gasteiger partial charge in [0.2, 0.25) is 11.2 Å². The van der Waals surface area contributed by atoms with Crippen molar-refractivity contribution < 1.29 is 49.1 Å². The number of aromatic nitrogens is 4. The SMILES string of the molecule is CN1CC[C@@](O)(C#Cc2ccc3c(c2)-n2nc(C(N)=O)cc2[C@@H](O)CO3)C1=O.CN1CC[C@@](O)(C#Cc2ccc3c(c2)-n2nc(C(N)=O)cc2[C@H](O)CO3)C1=O. The first kappa shape index (κ1) is 37.6. The number of nitrogens with zero attached hydrogens (tertiary/aromatic N) is 6. The second-order valence-electron chi connectivity index (χ2n) is 13.7. The Hall–Kier alpha value is -6.70. The number of likely N-dealkylation sites (N-methyl/N-ethyl adjacent to an activating group) is 2. The normalized spacial score (nSPS) is 23.2. The van der Waals surface area contributed by atoms with Crippen LogP contribution in [0.25, 0.3) is 11.4 Å². The summed E-state index contributed by atoms with van der Waals surface area (Å²) in [5.74, 6) is 9.56. The number of hydrogen-bond acceptors (Lipinski definition) is 12. The number of aliphatic hydroxyl groups is 4. The van der Waals surface area contributed by atoms with Crippen LogP contribution < -0.4 is 20.9 Å². The van der Waals surface area contributed by atoms with Gasteiger partial charge in [-0.15, -0.1) is 0 Å². The summed E-state index contributed by atoms with van der Waals surface area (Å²) in [6.45, 7) is 0.851. The summed E-state index contributed by atoms with van der Waals surface area (Å²) in [6, 6.07) is 12.8. The fraction of sp³-hybridized carbons (Fsp3) is 0.316. The number of aliphatic hydroxyl groups excluding tert-OH is 2. The molecule has 0 aliphatic carbocycles. The summed E-state index contributed by atoms with van der Waals surface area (Å²) in [5, 5.41) is 49.7. The smallest absolute Gasteiger partial charge is 0.269 e. The van der Waals surface area contributed by atoms with Crippen LogP contribution in [0.15, 0.2) is 48.5 Å². The molecule has 4 amide bonds. The minimum Gasteiger partial charge on any atom is -0.488 e. The van der Waals surface area contributed by atoms with Crippen molar-refractivity contribution in [3.05, 3.63) is 82.4 Å². The molecule has 18 heteroatoms. The van der Waals surface area contributed by atoms with E-state index in [9.17, 15) is 39.6 Å². The minimum atomic E-state index is -1.70. The van der Waals surface area contributed by atoms with Gasteiger partial charge in [0.05, 0.1) is 11.4 Å². The summed E-state index contributed by atoms with van der Waals surface area (Å²) in [7, 11) is 3.23. The maximum atomic E-state index is 12.1. The molecule has 4 aliphatic heterocycles. The fourth-order valence-electron chi connectivity index (χ4n) is 6.46. The molecule has 2 saturated heterocycles. The van der Waals surface area contributed by atoms with Crippen LogP contribution in [0.3, 0.4) is 0 Å². The van der Waals surface area contributed by atoms with Crippen LogP contribution in [0.2, 0.25) is 0 Å². The molecule has 2 fully saturated rings. The Morgan fingerprint density at radius 3 is 1.45 bits per heavy atom. The highest BCUT2D eigenvalue weighted by molar-refractivity contribution is 5.92. The summed E-state index contributed by atoms with van der Waals surface area (Å²) in [5.41, 5.74) is 9.92. The molecule has 4 atom stereocenters. The molecular weight excluding hydrogens is 728 g/mol. The van der Waals surface area contributed by atoms with Crippen LogP contribution in [-0.2, 0) is 9.59 Å². The van der Waals surface area contributed by atoms with E-state index in [0.717, 1.165) is 0 Å². The van der Waals surface area contributed by atoms with Crippen molar-refractivity contribution in [3.8, 4) is 46.6 Å². The van der Waals surface area contributed by atoms with Gasteiger partial charge in [-0.1, -0.05) is 23.7 Å². The molecule has 56 heavy (non-hydrogen) atoms. The average molecular weight is 765 g/mol. The van der Waals surface area contributed by atoms with Gasteiger partial charge in [-0.05, 0) is 48.5 Å². The third kappa shape index (κ3) is 6.89. The largest absolute Gasteiger partial charge is 0.488 e. The van der Waals surface area contributed by atoms with Crippen LogP contribution in [0, 0.1) is 23.7 Å². The van der Waals surface area contributed by atoms with Gasteiger partial charge in [-0.25, -0.2) is 9.36 Å². The number of ether oxygens (including phenoxy) is 2. The first-order valence-corrected chi connectivity index (χ1v) is 17.3. The van der Waals surface area contributed by atoms with Gasteiger partial charge in [0, 0.05) is 51.2 Å². The van der Waals surface area contributed by atoms with Gasteiger partial charge in [0.25, 0.3) is 23.6 Å². The van der Waals surface area contributed by atoms with E-state index in [4.69, 9.17) is 20.9 Å². The molecule has 0 saturated carbocycles. The second kappa shape index (κ2) is 14.2. The van der Waals surface area contributed by atoms with E-state index in [0.29, 0.717) is 58.5 Å². The molecule has 4 aliphatic rings. The van der Waals surface area contributed by atoms with Crippen LogP contribution in [0.4, 0.5) is 0 Å². The average Bonchev–Trinajstić information content (AvgIpc) is 3.92. The number of primary amides is 2. The number of nitrogens with two attached hydrogens (primary N) is 2. The molecule has 0 bridgehead atoms. The molecule has 0 radical (unpaired) electrons. The Morgan fingerprint density at radius 1 is 0.714 bits per heavy atom. The maximum absolute atomic E-state index is 12.1. The highest BCUT2D eigenvalue weighted by Crippen LogP contribution is 2.34. The van der Waals surface area contributed by atoms with Gasteiger partial charge in [-0.3, -0.25) is 19.2 Å². The summed E-state index contributed by atoms with van der Waals surface area (Å²) >= 11 is 0. The molecule has 18 nitrogen and oxygen atoms in total. The van der Waals surface area contributed by atoms with Crippen molar-refractivity contribution in [3.63, 3.8) is 0 Å². The number of carbonyl (C=O) groups excluding carboxylic acids is 4. The van der Waals surface area contributed by atoms with Crippen molar-refractivity contribution in [2.75, 3.05) is 40.4 Å². The van der Waals surface area contributed by atoms with Crippen LogP contribution >= 0.6 is 0 Å². The van der Waals surface area contributed by atoms with E-state index in [-0.39, 0.29) is 37.4 Å². The number of carbonyl (C=O) groups is 4. The van der Waals surface area contributed by atoms with Gasteiger partial charge < -0.3 is 51.2 Å². The Morgan fingerprint density at radius 2 is 1.11 bits per heavy atom. The Bertz CT molecular complexity index is 2270. The molecule has 8 rings (SSSR count). The van der Waals surface area contributed by atoms with E-state index in [1.165, 1.54) is 31.3 Å². The number of rotatable bonds is 2. The number of amides is 4. The first-order chi connectivity index (χ1) is 26.6. The van der Waals surface area contributed by atoms with Gasteiger partial charge in [0.15, 0.2) is 11.4 Å². The molecule has 4 aromatic rings. The van der Waals surface area contributed by atoms with E-state index in [1.54, 1.807) is 50.5 Å². The predicted octanol–water partition coefficient (Wildman–Crippen LogP) is -1.32. The Labute approximate surface area is 318 Å². The maximum Gasteiger partial charge on any atom is 0.269 e. The van der Waals surface area contributed by atoms with Crippen LogP contribution in [0.1, 0.15) is 68.5 Å². The number of fused-ring (bicyclic) bond motifs is 6. The molecule has 0 spiro atoms. The molecule has 8 N–H and O–H groups in total. The zero-order chi connectivity index (χ0) is 40.1. The first-order valence-electron chi connectivity index (χ1n) is 17.3. The molecule has 288 valence electrons. The topological polar surface area (TPSA) is 262 Å².